The van der Waals surface area contributed by atoms with Crippen LogP contribution in [0.4, 0.5) is 5.69 Å². The molecule has 0 bridgehead atoms. The van der Waals surface area contributed by atoms with Crippen LogP contribution in [0.3, 0.4) is 0 Å². The van der Waals surface area contributed by atoms with Crippen molar-refractivity contribution in [3.63, 3.8) is 0 Å². The molecule has 3 nitrogen and oxygen atoms in total. The van der Waals surface area contributed by atoms with Crippen molar-refractivity contribution in [2.75, 3.05) is 19.5 Å². The van der Waals surface area contributed by atoms with Crippen molar-refractivity contribution in [2.45, 2.75) is 25.3 Å². The van der Waals surface area contributed by atoms with Crippen LogP contribution in [0.1, 0.15) is 30.0 Å². The first-order valence-corrected chi connectivity index (χ1v) is 7.38. The maximum atomic E-state index is 5.37. The van der Waals surface area contributed by atoms with Crippen LogP contribution >= 0.6 is 0 Å². The highest BCUT2D eigenvalue weighted by molar-refractivity contribution is 5.56. The van der Waals surface area contributed by atoms with Gasteiger partial charge in [0.2, 0.25) is 0 Å². The van der Waals surface area contributed by atoms with Gasteiger partial charge in [0.25, 0.3) is 0 Å². The fourth-order valence-electron chi connectivity index (χ4n) is 3.03. The molecular formula is C18H21NO2. The van der Waals surface area contributed by atoms with Gasteiger partial charge in [0.05, 0.1) is 20.3 Å². The van der Waals surface area contributed by atoms with Crippen LogP contribution < -0.4 is 14.8 Å². The predicted octanol–water partition coefficient (Wildman–Crippen LogP) is 4.19. The average molecular weight is 283 g/mol. The Morgan fingerprint density at radius 1 is 1.00 bits per heavy atom. The monoisotopic (exact) mass is 283 g/mol. The predicted molar refractivity (Wildman–Crippen MR) is 85.3 cm³/mol. The highest BCUT2D eigenvalue weighted by atomic mass is 16.5. The van der Waals surface area contributed by atoms with Crippen LogP contribution in [0.15, 0.2) is 42.5 Å². The summed E-state index contributed by atoms with van der Waals surface area (Å²) in [5.74, 6) is 1.51. The van der Waals surface area contributed by atoms with Crippen LogP contribution in [0.2, 0.25) is 0 Å². The molecule has 1 unspecified atom stereocenters. The highest BCUT2D eigenvalue weighted by Crippen LogP contribution is 2.35. The third-order valence-corrected chi connectivity index (χ3v) is 4.09. The minimum Gasteiger partial charge on any atom is -0.493 e. The number of fused-ring (bicyclic) bond motifs is 1. The Morgan fingerprint density at radius 2 is 1.81 bits per heavy atom. The summed E-state index contributed by atoms with van der Waals surface area (Å²) in [7, 11) is 3.32. The first-order valence-electron chi connectivity index (χ1n) is 7.38. The van der Waals surface area contributed by atoms with Gasteiger partial charge in [-0.15, -0.1) is 0 Å². The van der Waals surface area contributed by atoms with Crippen LogP contribution in [-0.4, -0.2) is 14.2 Å². The van der Waals surface area contributed by atoms with E-state index in [4.69, 9.17) is 9.47 Å². The minimum absolute atomic E-state index is 0.369. The van der Waals surface area contributed by atoms with E-state index in [0.29, 0.717) is 6.04 Å². The molecule has 2 aromatic carbocycles. The zero-order valence-electron chi connectivity index (χ0n) is 12.6. The molecule has 0 spiro atoms. The van der Waals surface area contributed by atoms with Crippen molar-refractivity contribution in [3.05, 3.63) is 53.6 Å². The Bertz CT molecular complexity index is 624. The molecule has 0 aromatic heterocycles. The molecule has 3 rings (SSSR count). The van der Waals surface area contributed by atoms with E-state index >= 15 is 0 Å². The summed E-state index contributed by atoms with van der Waals surface area (Å²) in [6, 6.07) is 15.0. The molecular weight excluding hydrogens is 262 g/mol. The lowest BCUT2D eigenvalue weighted by molar-refractivity contribution is 0.355. The molecule has 110 valence electrons. The molecule has 0 amide bonds. The van der Waals surface area contributed by atoms with Crippen LogP contribution in [0.5, 0.6) is 11.5 Å². The van der Waals surface area contributed by atoms with Crippen molar-refractivity contribution in [1.82, 2.24) is 0 Å². The van der Waals surface area contributed by atoms with E-state index in [2.05, 4.69) is 29.6 Å². The molecule has 0 radical (unpaired) electrons. The van der Waals surface area contributed by atoms with Gasteiger partial charge in [0.1, 0.15) is 0 Å². The summed E-state index contributed by atoms with van der Waals surface area (Å²) in [6.45, 7) is 0. The van der Waals surface area contributed by atoms with Crippen LogP contribution in [0.25, 0.3) is 0 Å². The van der Waals surface area contributed by atoms with E-state index in [-0.39, 0.29) is 0 Å². The smallest absolute Gasteiger partial charge is 0.162 e. The van der Waals surface area contributed by atoms with Crippen molar-refractivity contribution >= 4 is 5.69 Å². The number of aryl methyl sites for hydroxylation is 1. The van der Waals surface area contributed by atoms with Gasteiger partial charge in [-0.1, -0.05) is 24.3 Å². The molecule has 3 heteroatoms. The highest BCUT2D eigenvalue weighted by Gasteiger charge is 2.19. The SMILES string of the molecule is COc1ccc(NC2CCCc3ccccc32)cc1OC. The molecule has 1 N–H and O–H groups in total. The van der Waals surface area contributed by atoms with E-state index in [9.17, 15) is 0 Å². The van der Waals surface area contributed by atoms with Gasteiger partial charge in [-0.05, 0) is 42.5 Å². The Kier molecular flexibility index (Phi) is 4.00. The molecule has 21 heavy (non-hydrogen) atoms. The van der Waals surface area contributed by atoms with Gasteiger partial charge in [-0.25, -0.2) is 0 Å². The van der Waals surface area contributed by atoms with Crippen molar-refractivity contribution < 1.29 is 9.47 Å². The summed E-state index contributed by atoms with van der Waals surface area (Å²) in [4.78, 5) is 0. The summed E-state index contributed by atoms with van der Waals surface area (Å²) in [6.07, 6.45) is 3.56. The second-order valence-electron chi connectivity index (χ2n) is 5.36. The normalized spacial score (nSPS) is 17.0. The quantitative estimate of drug-likeness (QED) is 0.912. The lowest BCUT2D eigenvalue weighted by Gasteiger charge is -2.27. The maximum absolute atomic E-state index is 5.37. The number of hydrogen-bond acceptors (Lipinski definition) is 3. The summed E-state index contributed by atoms with van der Waals surface area (Å²) < 4.78 is 10.7. The molecule has 2 aromatic rings. The van der Waals surface area contributed by atoms with Crippen molar-refractivity contribution in [2.24, 2.45) is 0 Å². The Balaban J connectivity index is 1.85. The van der Waals surface area contributed by atoms with Gasteiger partial charge >= 0.3 is 0 Å². The van der Waals surface area contributed by atoms with Crippen molar-refractivity contribution in [3.8, 4) is 11.5 Å². The van der Waals surface area contributed by atoms with Crippen molar-refractivity contribution in [1.29, 1.82) is 0 Å². The Hall–Kier alpha value is -2.16. The third kappa shape index (κ3) is 2.82. The van der Waals surface area contributed by atoms with E-state index < -0.39 is 0 Å². The van der Waals surface area contributed by atoms with E-state index in [1.165, 1.54) is 24.0 Å². The average Bonchev–Trinajstić information content (AvgIpc) is 2.55. The number of ether oxygens (including phenoxy) is 2. The molecule has 0 heterocycles. The Morgan fingerprint density at radius 3 is 2.62 bits per heavy atom. The van der Waals surface area contributed by atoms with Gasteiger partial charge in [-0.3, -0.25) is 0 Å². The van der Waals surface area contributed by atoms with Gasteiger partial charge < -0.3 is 14.8 Å². The number of rotatable bonds is 4. The fourth-order valence-corrected chi connectivity index (χ4v) is 3.03. The number of methoxy groups -OCH3 is 2. The zero-order valence-corrected chi connectivity index (χ0v) is 12.6. The van der Waals surface area contributed by atoms with Gasteiger partial charge in [0.15, 0.2) is 11.5 Å². The molecule has 0 saturated heterocycles. The topological polar surface area (TPSA) is 30.5 Å². The summed E-state index contributed by atoms with van der Waals surface area (Å²) in [5, 5.41) is 3.63. The molecule has 0 saturated carbocycles. The first-order chi connectivity index (χ1) is 10.3. The van der Waals surface area contributed by atoms with E-state index in [0.717, 1.165) is 23.6 Å². The second kappa shape index (κ2) is 6.08. The number of hydrogen-bond donors (Lipinski definition) is 1. The molecule has 1 atom stereocenters. The maximum Gasteiger partial charge on any atom is 0.162 e. The van der Waals surface area contributed by atoms with Crippen LogP contribution in [0, 0.1) is 0 Å². The number of nitrogens with one attached hydrogen (secondary N) is 1. The third-order valence-electron chi connectivity index (χ3n) is 4.09. The largest absolute Gasteiger partial charge is 0.493 e. The molecule has 0 fully saturated rings. The lowest BCUT2D eigenvalue weighted by atomic mass is 9.87. The molecule has 1 aliphatic carbocycles. The van der Waals surface area contributed by atoms with Gasteiger partial charge in [0, 0.05) is 11.8 Å². The summed E-state index contributed by atoms with van der Waals surface area (Å²) in [5.41, 5.74) is 3.94. The molecule has 1 aliphatic rings. The van der Waals surface area contributed by atoms with Gasteiger partial charge in [-0.2, -0.15) is 0 Å². The Labute approximate surface area is 125 Å². The number of benzene rings is 2. The van der Waals surface area contributed by atoms with Crippen LogP contribution in [-0.2, 0) is 6.42 Å². The second-order valence-corrected chi connectivity index (χ2v) is 5.36. The van der Waals surface area contributed by atoms with E-state index in [1.54, 1.807) is 14.2 Å². The van der Waals surface area contributed by atoms with E-state index in [1.807, 2.05) is 18.2 Å². The fraction of sp³-hybridized carbons (Fsp3) is 0.333. The molecule has 0 aliphatic heterocycles. The summed E-state index contributed by atoms with van der Waals surface area (Å²) >= 11 is 0. The minimum atomic E-state index is 0.369. The number of anilines is 1. The zero-order chi connectivity index (χ0) is 14.7. The lowest BCUT2D eigenvalue weighted by Crippen LogP contribution is -2.17. The first kappa shape index (κ1) is 13.8. The standard InChI is InChI=1S/C18H21NO2/c1-20-17-11-10-14(12-18(17)21-2)19-16-9-5-7-13-6-3-4-8-15(13)16/h3-4,6,8,10-12,16,19H,5,7,9H2,1-2H3.